The minimum atomic E-state index is -4.40. The van der Waals surface area contributed by atoms with Gasteiger partial charge in [-0.15, -0.1) is 0 Å². The highest BCUT2D eigenvalue weighted by Gasteiger charge is 2.28. The molecule has 0 aliphatic rings. The molecule has 3 rings (SSSR count). The lowest BCUT2D eigenvalue weighted by molar-refractivity contribution is -0.153. The van der Waals surface area contributed by atoms with Crippen molar-refractivity contribution in [1.82, 2.24) is 25.1 Å². The first-order valence-electron chi connectivity index (χ1n) is 8.42. The van der Waals surface area contributed by atoms with Gasteiger partial charge in [-0.25, -0.2) is 0 Å². The third-order valence-corrected chi connectivity index (χ3v) is 4.01. The van der Waals surface area contributed by atoms with E-state index in [1.165, 1.54) is 6.20 Å². The Morgan fingerprint density at radius 1 is 1.32 bits per heavy atom. The lowest BCUT2D eigenvalue weighted by Gasteiger charge is -2.11. The number of aryl methyl sites for hydroxylation is 1. The molecule has 0 unspecified atom stereocenters. The molecule has 1 amide bonds. The molecular weight excluding hydrogens is 375 g/mol. The van der Waals surface area contributed by atoms with Crippen LogP contribution in [0.3, 0.4) is 0 Å². The van der Waals surface area contributed by atoms with E-state index in [1.807, 2.05) is 0 Å². The smallest absolute Gasteiger partial charge is 0.422 e. The lowest BCUT2D eigenvalue weighted by atomic mass is 10.2. The molecule has 10 heteroatoms. The molecule has 0 fully saturated rings. The highest BCUT2D eigenvalue weighted by atomic mass is 19.4. The predicted octanol–water partition coefficient (Wildman–Crippen LogP) is 2.41. The van der Waals surface area contributed by atoms with Crippen molar-refractivity contribution < 1.29 is 22.7 Å². The first kappa shape index (κ1) is 19.6. The van der Waals surface area contributed by atoms with Crippen LogP contribution >= 0.6 is 0 Å². The van der Waals surface area contributed by atoms with Crippen LogP contribution in [0.15, 0.2) is 30.7 Å². The van der Waals surface area contributed by atoms with Gasteiger partial charge in [0, 0.05) is 24.8 Å². The molecule has 3 aromatic heterocycles. The average molecular weight is 393 g/mol. The quantitative estimate of drug-likeness (QED) is 0.696. The van der Waals surface area contributed by atoms with E-state index in [4.69, 9.17) is 4.74 Å². The molecule has 28 heavy (non-hydrogen) atoms. The first-order valence-corrected chi connectivity index (χ1v) is 8.42. The summed E-state index contributed by atoms with van der Waals surface area (Å²) in [6.45, 7) is 0.608. The maximum atomic E-state index is 12.3. The van der Waals surface area contributed by atoms with Gasteiger partial charge in [-0.05, 0) is 24.6 Å². The van der Waals surface area contributed by atoms with Crippen LogP contribution in [-0.4, -0.2) is 45.5 Å². The Hall–Kier alpha value is -3.17. The largest absolute Gasteiger partial charge is 0.482 e. The van der Waals surface area contributed by atoms with Crippen LogP contribution in [0.5, 0.6) is 5.75 Å². The highest BCUT2D eigenvalue weighted by Crippen LogP contribution is 2.22. The fraction of sp³-hybridized carbons (Fsp3) is 0.333. The first-order chi connectivity index (χ1) is 13.2. The number of ether oxygens (including phenoxy) is 1. The zero-order valence-electron chi connectivity index (χ0n) is 15.2. The number of likely N-dealkylation sites (N-methyl/N-ethyl adjacent to an activating group) is 1. The number of alkyl halides is 3. The summed E-state index contributed by atoms with van der Waals surface area (Å²) >= 11 is 0. The third kappa shape index (κ3) is 4.76. The van der Waals surface area contributed by atoms with Gasteiger partial charge >= 0.3 is 6.18 Å². The molecule has 0 bridgehead atoms. The Bertz CT molecular complexity index is 1000. The van der Waals surface area contributed by atoms with Gasteiger partial charge in [-0.3, -0.25) is 19.4 Å². The number of aromatic nitrogens is 4. The number of amides is 1. The predicted molar refractivity (Wildman–Crippen MR) is 94.9 cm³/mol. The summed E-state index contributed by atoms with van der Waals surface area (Å²) in [5.41, 5.74) is 2.47. The van der Waals surface area contributed by atoms with Crippen molar-refractivity contribution in [2.45, 2.75) is 26.1 Å². The van der Waals surface area contributed by atoms with Gasteiger partial charge in [0.2, 0.25) is 5.91 Å². The van der Waals surface area contributed by atoms with Crippen molar-refractivity contribution in [2.75, 3.05) is 13.7 Å². The average Bonchev–Trinajstić information content (AvgIpc) is 3.03. The standard InChI is InChI=1S/C18H18F3N5O2/c1-11-5-12(24-7-16(11)28-10-18(19,20)21)8-26-9-13-14(25-26)3-4-23-15(13)6-17(27)22-2/h3-5,7,9H,6,8,10H2,1-2H3,(H,22,27). The van der Waals surface area contributed by atoms with Crippen LogP contribution in [0.25, 0.3) is 10.9 Å². The van der Waals surface area contributed by atoms with Gasteiger partial charge in [0.25, 0.3) is 0 Å². The minimum Gasteiger partial charge on any atom is -0.482 e. The van der Waals surface area contributed by atoms with E-state index in [2.05, 4.69) is 20.4 Å². The van der Waals surface area contributed by atoms with Gasteiger partial charge in [0.05, 0.1) is 36.1 Å². The summed E-state index contributed by atoms with van der Waals surface area (Å²) in [6, 6.07) is 3.40. The number of pyridine rings is 2. The van der Waals surface area contributed by atoms with Gasteiger partial charge in [0.1, 0.15) is 5.75 Å². The Balaban J connectivity index is 1.78. The Labute approximate surface area is 158 Å². The molecule has 0 saturated carbocycles. The summed E-state index contributed by atoms with van der Waals surface area (Å²) in [4.78, 5) is 20.0. The number of nitrogens with zero attached hydrogens (tertiary/aromatic N) is 4. The number of fused-ring (bicyclic) bond motifs is 1. The zero-order valence-corrected chi connectivity index (χ0v) is 15.2. The van der Waals surface area contributed by atoms with E-state index in [0.29, 0.717) is 29.0 Å². The van der Waals surface area contributed by atoms with E-state index >= 15 is 0 Å². The molecule has 0 radical (unpaired) electrons. The van der Waals surface area contributed by atoms with Crippen LogP contribution < -0.4 is 10.1 Å². The molecule has 1 N–H and O–H groups in total. The van der Waals surface area contributed by atoms with Crippen LogP contribution in [-0.2, 0) is 17.8 Å². The van der Waals surface area contributed by atoms with E-state index in [-0.39, 0.29) is 18.1 Å². The number of hydrogen-bond donors (Lipinski definition) is 1. The van der Waals surface area contributed by atoms with Crippen LogP contribution in [0.4, 0.5) is 13.2 Å². The lowest BCUT2D eigenvalue weighted by Crippen LogP contribution is -2.20. The van der Waals surface area contributed by atoms with Crippen molar-refractivity contribution >= 4 is 16.8 Å². The molecular formula is C18H18F3N5O2. The summed E-state index contributed by atoms with van der Waals surface area (Å²) in [6.07, 6.45) is 0.375. The Morgan fingerprint density at radius 3 is 2.79 bits per heavy atom. The number of carbonyl (C=O) groups excluding carboxylic acids is 1. The molecule has 0 aliphatic carbocycles. The van der Waals surface area contributed by atoms with Crippen molar-refractivity contribution in [3.05, 3.63) is 47.7 Å². The fourth-order valence-electron chi connectivity index (χ4n) is 2.68. The van der Waals surface area contributed by atoms with Crippen LogP contribution in [0.1, 0.15) is 17.0 Å². The monoisotopic (exact) mass is 393 g/mol. The summed E-state index contributed by atoms with van der Waals surface area (Å²) < 4.78 is 43.3. The summed E-state index contributed by atoms with van der Waals surface area (Å²) in [5.74, 6) is -0.0664. The molecule has 148 valence electrons. The van der Waals surface area contributed by atoms with Crippen LogP contribution in [0.2, 0.25) is 0 Å². The maximum Gasteiger partial charge on any atom is 0.422 e. The highest BCUT2D eigenvalue weighted by molar-refractivity contribution is 5.86. The van der Waals surface area contributed by atoms with E-state index in [9.17, 15) is 18.0 Å². The number of rotatable bonds is 6. The van der Waals surface area contributed by atoms with Crippen molar-refractivity contribution in [3.8, 4) is 5.75 Å². The normalized spacial score (nSPS) is 11.6. The molecule has 0 atom stereocenters. The van der Waals surface area contributed by atoms with E-state index in [1.54, 1.807) is 43.2 Å². The van der Waals surface area contributed by atoms with Gasteiger partial charge in [-0.1, -0.05) is 0 Å². The SMILES string of the molecule is CNC(=O)Cc1nccc2nn(Cc3cc(C)c(OCC(F)(F)F)cn3)cc12. The van der Waals surface area contributed by atoms with Crippen molar-refractivity contribution in [1.29, 1.82) is 0 Å². The second-order valence-electron chi connectivity index (χ2n) is 6.21. The maximum absolute atomic E-state index is 12.3. The molecule has 3 aromatic rings. The second kappa shape index (κ2) is 7.83. The fourth-order valence-corrected chi connectivity index (χ4v) is 2.68. The third-order valence-electron chi connectivity index (χ3n) is 4.01. The second-order valence-corrected chi connectivity index (χ2v) is 6.21. The summed E-state index contributed by atoms with van der Waals surface area (Å²) in [5, 5.41) is 7.76. The van der Waals surface area contributed by atoms with E-state index < -0.39 is 12.8 Å². The number of nitrogens with one attached hydrogen (secondary N) is 1. The Morgan fingerprint density at radius 2 is 2.11 bits per heavy atom. The number of halogens is 3. The molecule has 0 saturated heterocycles. The number of carbonyl (C=O) groups is 1. The summed E-state index contributed by atoms with van der Waals surface area (Å²) in [7, 11) is 1.56. The van der Waals surface area contributed by atoms with Gasteiger partial charge in [0.15, 0.2) is 6.61 Å². The molecule has 0 spiro atoms. The minimum absolute atomic E-state index is 0.0868. The topological polar surface area (TPSA) is 81.9 Å². The molecule has 0 aliphatic heterocycles. The molecule has 3 heterocycles. The van der Waals surface area contributed by atoms with E-state index in [0.717, 1.165) is 5.39 Å². The molecule has 7 nitrogen and oxygen atoms in total. The van der Waals surface area contributed by atoms with Crippen molar-refractivity contribution in [2.24, 2.45) is 0 Å². The molecule has 0 aromatic carbocycles. The van der Waals surface area contributed by atoms with Gasteiger partial charge in [-0.2, -0.15) is 18.3 Å². The zero-order chi connectivity index (χ0) is 20.3. The van der Waals surface area contributed by atoms with Crippen LogP contribution in [0, 0.1) is 6.92 Å². The van der Waals surface area contributed by atoms with Crippen molar-refractivity contribution in [3.63, 3.8) is 0 Å². The van der Waals surface area contributed by atoms with Gasteiger partial charge < -0.3 is 10.1 Å². The number of hydrogen-bond acceptors (Lipinski definition) is 5. The Kier molecular flexibility index (Phi) is 5.48.